The van der Waals surface area contributed by atoms with Gasteiger partial charge < -0.3 is 15.1 Å². The molecule has 172 valence electrons. The Balaban J connectivity index is 1.52. The lowest BCUT2D eigenvalue weighted by molar-refractivity contribution is -0.116. The molecule has 1 aliphatic carbocycles. The maximum Gasteiger partial charge on any atom is 0.254 e. The van der Waals surface area contributed by atoms with Crippen LogP contribution >= 0.6 is 0 Å². The summed E-state index contributed by atoms with van der Waals surface area (Å²) < 4.78 is 28.8. The minimum Gasteiger partial charge on any atom is -0.366 e. The predicted octanol–water partition coefficient (Wildman–Crippen LogP) is 3.66. The van der Waals surface area contributed by atoms with Crippen molar-refractivity contribution >= 4 is 17.3 Å². The number of ketones is 1. The fourth-order valence-corrected chi connectivity index (χ4v) is 5.23. The number of carbonyl (C=O) groups is 2. The Labute approximate surface area is 192 Å². The standard InChI is InChI=1S/C26H27F2N3O2/c1-15-24(26(33)29-25(20-12-23(20)32)16-5-3-6-17(27)11-16)19-7-4-8-22(28)21(19)14-31(15)18-9-10-30(2)13-18/h3-8,11,18,20,25H,9-10,12-14H2,1-2H3,(H,29,33)/t18-,20?,25-/m1/s1. The fourth-order valence-electron chi connectivity index (χ4n) is 5.23. The van der Waals surface area contributed by atoms with Crippen molar-refractivity contribution in [3.05, 3.63) is 76.5 Å². The number of halogens is 2. The highest BCUT2D eigenvalue weighted by Gasteiger charge is 2.44. The third-order valence-corrected chi connectivity index (χ3v) is 7.11. The number of rotatable bonds is 5. The van der Waals surface area contributed by atoms with Crippen molar-refractivity contribution in [2.24, 2.45) is 5.92 Å². The number of nitrogens with one attached hydrogen (secondary N) is 1. The number of carbonyl (C=O) groups excluding carboxylic acids is 2. The van der Waals surface area contributed by atoms with Gasteiger partial charge in [0.15, 0.2) is 0 Å². The highest BCUT2D eigenvalue weighted by atomic mass is 19.1. The van der Waals surface area contributed by atoms with Crippen molar-refractivity contribution in [3.63, 3.8) is 0 Å². The van der Waals surface area contributed by atoms with Crippen LogP contribution in [-0.2, 0) is 16.1 Å². The third kappa shape index (κ3) is 4.06. The van der Waals surface area contributed by atoms with Gasteiger partial charge in [0.1, 0.15) is 17.4 Å². The molecule has 2 heterocycles. The number of Topliss-reactive ketones (excluding diaryl/α,β-unsaturated/α-hetero) is 1. The number of fused-ring (bicyclic) bond motifs is 1. The average Bonchev–Trinajstić information content (AvgIpc) is 3.34. The Morgan fingerprint density at radius 1 is 1.18 bits per heavy atom. The number of likely N-dealkylation sites (tertiary alicyclic amines) is 1. The summed E-state index contributed by atoms with van der Waals surface area (Å²) in [6, 6.07) is 10.4. The molecule has 0 aromatic heterocycles. The molecule has 1 saturated carbocycles. The lowest BCUT2D eigenvalue weighted by Crippen LogP contribution is -2.41. The van der Waals surface area contributed by atoms with E-state index >= 15 is 0 Å². The van der Waals surface area contributed by atoms with Crippen molar-refractivity contribution in [1.82, 2.24) is 15.1 Å². The first-order chi connectivity index (χ1) is 15.8. The van der Waals surface area contributed by atoms with Gasteiger partial charge in [-0.3, -0.25) is 9.59 Å². The molecule has 1 amide bonds. The van der Waals surface area contributed by atoms with Crippen molar-refractivity contribution in [1.29, 1.82) is 0 Å². The summed E-state index contributed by atoms with van der Waals surface area (Å²) in [4.78, 5) is 30.0. The summed E-state index contributed by atoms with van der Waals surface area (Å²) in [6.45, 7) is 4.11. The quantitative estimate of drug-likeness (QED) is 0.754. The molecule has 5 rings (SSSR count). The molecule has 2 aromatic rings. The Morgan fingerprint density at radius 3 is 2.61 bits per heavy atom. The minimum absolute atomic E-state index is 0.0426. The van der Waals surface area contributed by atoms with Gasteiger partial charge in [0.05, 0.1) is 11.6 Å². The van der Waals surface area contributed by atoms with Gasteiger partial charge in [0, 0.05) is 42.7 Å². The van der Waals surface area contributed by atoms with Crippen LogP contribution in [0.1, 0.15) is 42.5 Å². The van der Waals surface area contributed by atoms with E-state index in [0.29, 0.717) is 35.2 Å². The fraction of sp³-hybridized carbons (Fsp3) is 0.385. The van der Waals surface area contributed by atoms with Gasteiger partial charge in [-0.15, -0.1) is 0 Å². The summed E-state index contributed by atoms with van der Waals surface area (Å²) in [5.41, 5.74) is 2.85. The van der Waals surface area contributed by atoms with Crippen LogP contribution in [0.2, 0.25) is 0 Å². The molecule has 1 unspecified atom stereocenters. The maximum atomic E-state index is 14.9. The highest BCUT2D eigenvalue weighted by molar-refractivity contribution is 6.21. The molecule has 3 aliphatic rings. The molecule has 3 atom stereocenters. The smallest absolute Gasteiger partial charge is 0.254 e. The first-order valence-electron chi connectivity index (χ1n) is 11.4. The van der Waals surface area contributed by atoms with E-state index in [1.54, 1.807) is 24.3 Å². The Hall–Kier alpha value is -3.06. The van der Waals surface area contributed by atoms with Crippen molar-refractivity contribution in [2.45, 2.75) is 38.4 Å². The zero-order valence-electron chi connectivity index (χ0n) is 18.8. The van der Waals surface area contributed by atoms with Crippen LogP contribution in [0.3, 0.4) is 0 Å². The van der Waals surface area contributed by atoms with E-state index in [4.69, 9.17) is 0 Å². The number of benzene rings is 2. The van der Waals surface area contributed by atoms with Crippen LogP contribution < -0.4 is 5.32 Å². The molecule has 0 bridgehead atoms. The second-order valence-corrected chi connectivity index (χ2v) is 9.34. The molecule has 1 saturated heterocycles. The van der Waals surface area contributed by atoms with Crippen LogP contribution in [0.25, 0.3) is 5.57 Å². The van der Waals surface area contributed by atoms with E-state index in [-0.39, 0.29) is 29.5 Å². The maximum absolute atomic E-state index is 14.9. The van der Waals surface area contributed by atoms with Gasteiger partial charge >= 0.3 is 0 Å². The third-order valence-electron chi connectivity index (χ3n) is 7.11. The Morgan fingerprint density at radius 2 is 1.94 bits per heavy atom. The van der Waals surface area contributed by atoms with Gasteiger partial charge in [0.2, 0.25) is 0 Å². The van der Waals surface area contributed by atoms with E-state index in [9.17, 15) is 18.4 Å². The largest absolute Gasteiger partial charge is 0.366 e. The minimum atomic E-state index is -0.619. The van der Waals surface area contributed by atoms with Crippen molar-refractivity contribution in [3.8, 4) is 0 Å². The van der Waals surface area contributed by atoms with E-state index in [0.717, 1.165) is 25.2 Å². The molecule has 7 heteroatoms. The van der Waals surface area contributed by atoms with E-state index in [1.165, 1.54) is 18.2 Å². The second-order valence-electron chi connectivity index (χ2n) is 9.34. The summed E-state index contributed by atoms with van der Waals surface area (Å²) in [7, 11) is 2.06. The van der Waals surface area contributed by atoms with Crippen LogP contribution in [-0.4, -0.2) is 47.7 Å². The van der Waals surface area contributed by atoms with Crippen LogP contribution in [0.5, 0.6) is 0 Å². The molecular weight excluding hydrogens is 424 g/mol. The lowest BCUT2D eigenvalue weighted by Gasteiger charge is -2.38. The molecule has 33 heavy (non-hydrogen) atoms. The van der Waals surface area contributed by atoms with Crippen molar-refractivity contribution < 1.29 is 18.4 Å². The first-order valence-corrected chi connectivity index (χ1v) is 11.4. The van der Waals surface area contributed by atoms with Crippen LogP contribution in [0.15, 0.2) is 48.2 Å². The molecule has 0 radical (unpaired) electrons. The zero-order chi connectivity index (χ0) is 23.3. The molecule has 2 aromatic carbocycles. The van der Waals surface area contributed by atoms with Crippen molar-refractivity contribution in [2.75, 3.05) is 20.1 Å². The number of hydrogen-bond donors (Lipinski definition) is 1. The number of amides is 1. The molecule has 1 N–H and O–H groups in total. The summed E-state index contributed by atoms with van der Waals surface area (Å²) in [5, 5.41) is 2.99. The monoisotopic (exact) mass is 451 g/mol. The van der Waals surface area contributed by atoms with Gasteiger partial charge in [-0.2, -0.15) is 0 Å². The number of nitrogens with zero attached hydrogens (tertiary/aromatic N) is 2. The highest BCUT2D eigenvalue weighted by Crippen LogP contribution is 2.40. The number of allylic oxidation sites excluding steroid dienone is 1. The van der Waals surface area contributed by atoms with Gasteiger partial charge in [0.25, 0.3) is 5.91 Å². The van der Waals surface area contributed by atoms with E-state index in [1.807, 2.05) is 6.92 Å². The normalized spacial score (nSPS) is 23.5. The Kier molecular flexibility index (Phi) is 5.52. The van der Waals surface area contributed by atoms with Gasteiger partial charge in [-0.05, 0) is 56.3 Å². The van der Waals surface area contributed by atoms with Crippen LogP contribution in [0.4, 0.5) is 8.78 Å². The van der Waals surface area contributed by atoms with E-state index in [2.05, 4.69) is 22.2 Å². The van der Waals surface area contributed by atoms with Gasteiger partial charge in [-0.25, -0.2) is 8.78 Å². The Bertz CT molecular complexity index is 1160. The molecule has 5 nitrogen and oxygen atoms in total. The van der Waals surface area contributed by atoms with E-state index < -0.39 is 11.9 Å². The molecule has 2 fully saturated rings. The second kappa shape index (κ2) is 8.37. The zero-order valence-corrected chi connectivity index (χ0v) is 18.8. The number of likely N-dealkylation sites (N-methyl/N-ethyl adjacent to an activating group) is 1. The lowest BCUT2D eigenvalue weighted by atomic mass is 9.90. The SMILES string of the molecule is CC1=C(C(=O)N[C@H](c2cccc(F)c2)C2CC2=O)c2cccc(F)c2CN1[C@@H]1CCN(C)C1. The molecule has 0 spiro atoms. The molecule has 2 aliphatic heterocycles. The molecular formula is C26H27F2N3O2. The first kappa shape index (κ1) is 21.8. The summed E-state index contributed by atoms with van der Waals surface area (Å²) in [5.74, 6) is -1.45. The van der Waals surface area contributed by atoms with Crippen LogP contribution in [0, 0.1) is 17.6 Å². The summed E-state index contributed by atoms with van der Waals surface area (Å²) in [6.07, 6.45) is 1.29. The summed E-state index contributed by atoms with van der Waals surface area (Å²) >= 11 is 0. The number of hydrogen-bond acceptors (Lipinski definition) is 4. The predicted molar refractivity (Wildman–Crippen MR) is 121 cm³/mol. The topological polar surface area (TPSA) is 52.7 Å². The average molecular weight is 452 g/mol. The van der Waals surface area contributed by atoms with Gasteiger partial charge in [-0.1, -0.05) is 24.3 Å².